The first kappa shape index (κ1) is 41.3. The molecule has 0 heterocycles. The number of hydrogen-bond donors (Lipinski definition) is 0. The van der Waals surface area contributed by atoms with Crippen LogP contribution in [0.25, 0.3) is 0 Å². The van der Waals surface area contributed by atoms with E-state index in [0.29, 0.717) is 0 Å². The van der Waals surface area contributed by atoms with Gasteiger partial charge in [0, 0.05) is 0 Å². The van der Waals surface area contributed by atoms with E-state index in [-0.39, 0.29) is 63.2 Å². The van der Waals surface area contributed by atoms with Crippen LogP contribution >= 0.6 is 46.4 Å². The second-order valence-electron chi connectivity index (χ2n) is 10.8. The summed E-state index contributed by atoms with van der Waals surface area (Å²) in [6.45, 7) is 0. The number of benzene rings is 4. The van der Waals surface area contributed by atoms with Gasteiger partial charge in [0.2, 0.25) is 0 Å². The maximum absolute atomic E-state index is 14.1. The quantitative estimate of drug-likeness (QED) is 0.0993. The molecule has 51 heavy (non-hydrogen) atoms. The SMILES string of the molecule is O=C(CCCl)[O][Sb]([O]C(=O)CCCl)([O][Sb]([O]C(=O)CCCl)([O]C(=O)CCCl)([c]1ccccc1)[c]1ccccc1)([c]1ccccc1)[c]1ccccc1. The molecule has 15 heteroatoms. The van der Waals surface area contributed by atoms with E-state index in [1.54, 1.807) is 121 Å². The van der Waals surface area contributed by atoms with Gasteiger partial charge in [0.25, 0.3) is 0 Å². The second-order valence-corrected chi connectivity index (χ2v) is 34.0. The first-order valence-corrected chi connectivity index (χ1v) is 29.2. The van der Waals surface area contributed by atoms with Crippen LogP contribution in [0, 0.1) is 0 Å². The Morgan fingerprint density at radius 3 is 0.745 bits per heavy atom. The molecule has 0 unspecified atom stereocenters. The third-order valence-electron chi connectivity index (χ3n) is 7.37. The molecule has 0 aliphatic rings. The second kappa shape index (κ2) is 18.5. The van der Waals surface area contributed by atoms with Gasteiger partial charge in [0.15, 0.2) is 0 Å². The van der Waals surface area contributed by atoms with Crippen molar-refractivity contribution >= 4 is 122 Å². The minimum atomic E-state index is -7.25. The molecule has 0 aliphatic carbocycles. The summed E-state index contributed by atoms with van der Waals surface area (Å²) >= 11 is 9.83. The molecule has 0 bridgehead atoms. The average molecular weight is 998 g/mol. The molecule has 272 valence electrons. The summed E-state index contributed by atoms with van der Waals surface area (Å²) in [5, 5.41) is 0. The molecule has 0 saturated heterocycles. The van der Waals surface area contributed by atoms with Crippen molar-refractivity contribution in [1.29, 1.82) is 0 Å². The first-order valence-electron chi connectivity index (χ1n) is 15.7. The number of hydrogen-bond acceptors (Lipinski definition) is 9. The number of alkyl halides is 4. The van der Waals surface area contributed by atoms with Crippen LogP contribution in [0.15, 0.2) is 121 Å². The van der Waals surface area contributed by atoms with Gasteiger partial charge in [-0.2, -0.15) is 0 Å². The predicted molar refractivity (Wildman–Crippen MR) is 203 cm³/mol. The molecule has 0 atom stereocenters. The van der Waals surface area contributed by atoms with Crippen LogP contribution in [-0.2, 0) is 32.5 Å². The van der Waals surface area contributed by atoms with E-state index >= 15 is 0 Å². The van der Waals surface area contributed by atoms with Gasteiger partial charge in [-0.1, -0.05) is 0 Å². The van der Waals surface area contributed by atoms with Crippen LogP contribution in [0.4, 0.5) is 0 Å². The third kappa shape index (κ3) is 8.84. The third-order valence-corrected chi connectivity index (χ3v) is 40.9. The van der Waals surface area contributed by atoms with Crippen LogP contribution in [0.3, 0.4) is 0 Å². The Labute approximate surface area is 321 Å². The van der Waals surface area contributed by atoms with Gasteiger partial charge in [0.05, 0.1) is 0 Å². The van der Waals surface area contributed by atoms with Gasteiger partial charge in [0.1, 0.15) is 0 Å². The minimum absolute atomic E-state index is 0.134. The summed E-state index contributed by atoms with van der Waals surface area (Å²) in [5.74, 6) is -4.23. The van der Waals surface area contributed by atoms with E-state index in [4.69, 9.17) is 59.8 Å². The van der Waals surface area contributed by atoms with Gasteiger partial charge < -0.3 is 0 Å². The van der Waals surface area contributed by atoms with Crippen LogP contribution in [0.1, 0.15) is 25.7 Å². The van der Waals surface area contributed by atoms with Crippen LogP contribution in [0.5, 0.6) is 0 Å². The van der Waals surface area contributed by atoms with Crippen LogP contribution in [-0.4, -0.2) is 84.7 Å². The van der Waals surface area contributed by atoms with Crippen LogP contribution < -0.4 is 14.0 Å². The zero-order valence-corrected chi connectivity index (χ0v) is 35.4. The summed E-state index contributed by atoms with van der Waals surface area (Å²) in [5.41, 5.74) is 0. The molecule has 4 rings (SSSR count). The van der Waals surface area contributed by atoms with E-state index in [1.165, 1.54) is 0 Å². The zero-order chi connectivity index (χ0) is 36.8. The molecule has 4 aromatic carbocycles. The first-order chi connectivity index (χ1) is 24.6. The Morgan fingerprint density at radius 2 is 0.569 bits per heavy atom. The Hall–Kier alpha value is -2.48. The molecular formula is C36H36Cl4O9Sb2. The molecule has 0 aromatic heterocycles. The predicted octanol–water partition coefficient (Wildman–Crippen LogP) is 5.11. The van der Waals surface area contributed by atoms with Gasteiger partial charge >= 0.3 is 325 Å². The molecule has 0 spiro atoms. The van der Waals surface area contributed by atoms with Crippen molar-refractivity contribution < 1.29 is 32.5 Å². The van der Waals surface area contributed by atoms with Crippen molar-refractivity contribution in [2.24, 2.45) is 0 Å². The van der Waals surface area contributed by atoms with E-state index in [0.717, 1.165) is 0 Å². The molecule has 0 fully saturated rings. The molecule has 0 aliphatic heterocycles. The normalized spacial score (nSPS) is 13.0. The molecular weight excluding hydrogens is 962 g/mol. The standard InChI is InChI=1S/4C6H5.4C3H5ClO2.O.2Sb/c4*1-2-4-6-5-3-1;4*4-2-1-3(5)6;;;/h4*1-5H;4*1-2H2,(H,5,6);;;/q;;;;;;;;;2*+2/p-4. The monoisotopic (exact) mass is 994 g/mol. The van der Waals surface area contributed by atoms with E-state index in [2.05, 4.69) is 0 Å². The Bertz CT molecular complexity index is 1530. The topological polar surface area (TPSA) is 114 Å². The maximum atomic E-state index is 14.1. The van der Waals surface area contributed by atoms with E-state index in [1.807, 2.05) is 0 Å². The summed E-state index contributed by atoms with van der Waals surface area (Å²) in [6.07, 6.45) is -1.34. The fourth-order valence-corrected chi connectivity index (χ4v) is 46.4. The van der Waals surface area contributed by atoms with Crippen LogP contribution in [0.2, 0.25) is 0 Å². The van der Waals surface area contributed by atoms with Gasteiger partial charge in [-0.25, -0.2) is 0 Å². The van der Waals surface area contributed by atoms with Crippen molar-refractivity contribution in [3.63, 3.8) is 0 Å². The summed E-state index contributed by atoms with van der Waals surface area (Å²) in [6, 6.07) is 32.6. The van der Waals surface area contributed by atoms with Crippen molar-refractivity contribution in [3.05, 3.63) is 121 Å². The molecule has 0 N–H and O–H groups in total. The fraction of sp³-hybridized carbons (Fsp3) is 0.222. The van der Waals surface area contributed by atoms with Crippen molar-refractivity contribution in [2.45, 2.75) is 25.7 Å². The fourth-order valence-electron chi connectivity index (χ4n) is 5.25. The Kier molecular flexibility index (Phi) is 15.0. The number of rotatable bonds is 18. The molecule has 0 amide bonds. The van der Waals surface area contributed by atoms with Crippen molar-refractivity contribution in [1.82, 2.24) is 0 Å². The average Bonchev–Trinajstić information content (AvgIpc) is 3.13. The molecule has 0 saturated carbocycles. The Morgan fingerprint density at radius 1 is 0.373 bits per heavy atom. The van der Waals surface area contributed by atoms with Crippen molar-refractivity contribution in [3.8, 4) is 0 Å². The van der Waals surface area contributed by atoms with E-state index in [9.17, 15) is 19.2 Å². The van der Waals surface area contributed by atoms with Gasteiger partial charge in [-0.05, 0) is 0 Å². The number of carbonyl (C=O) groups excluding carboxylic acids is 4. The summed E-state index contributed by atoms with van der Waals surface area (Å²) in [7, 11) is 0. The number of halogens is 4. The van der Waals surface area contributed by atoms with Crippen molar-refractivity contribution in [2.75, 3.05) is 23.5 Å². The van der Waals surface area contributed by atoms with E-state index < -0.39 is 61.2 Å². The van der Waals surface area contributed by atoms with Gasteiger partial charge in [-0.15, -0.1) is 0 Å². The molecule has 0 radical (unpaired) electrons. The van der Waals surface area contributed by atoms with Gasteiger partial charge in [-0.3, -0.25) is 0 Å². The molecule has 4 aromatic rings. The molecule has 9 nitrogen and oxygen atoms in total. The summed E-state index contributed by atoms with van der Waals surface area (Å²) < 4.78 is 34.8. The Balaban J connectivity index is 2.40. The zero-order valence-electron chi connectivity index (χ0n) is 27.3. The summed E-state index contributed by atoms with van der Waals surface area (Å²) in [4.78, 5) is 56.3. The number of carbonyl (C=O) groups is 4.